The number of hydrogen-bond acceptors (Lipinski definition) is 3. The van der Waals surface area contributed by atoms with Crippen molar-refractivity contribution in [2.45, 2.75) is 31.7 Å². The minimum Gasteiger partial charge on any atom is -0.338 e. The quantitative estimate of drug-likeness (QED) is 0.778. The summed E-state index contributed by atoms with van der Waals surface area (Å²) in [4.78, 5) is 21.1. The minimum absolute atomic E-state index is 0.155. The molecule has 27 heavy (non-hydrogen) atoms. The van der Waals surface area contributed by atoms with Crippen molar-refractivity contribution in [2.24, 2.45) is 0 Å². The first-order valence-corrected chi connectivity index (χ1v) is 9.36. The van der Waals surface area contributed by atoms with Gasteiger partial charge in [-0.25, -0.2) is 13.8 Å². The van der Waals surface area contributed by atoms with Gasteiger partial charge in [0, 0.05) is 43.5 Å². The number of aromatic nitrogens is 2. The van der Waals surface area contributed by atoms with Crippen LogP contribution in [-0.4, -0.2) is 59.0 Å². The summed E-state index contributed by atoms with van der Waals surface area (Å²) in [6, 6.07) is 3.32. The van der Waals surface area contributed by atoms with Crippen molar-refractivity contribution in [3.63, 3.8) is 0 Å². The molecule has 0 N–H and O–H groups in total. The Morgan fingerprint density at radius 1 is 1.30 bits per heavy atom. The first-order valence-electron chi connectivity index (χ1n) is 9.36. The molecule has 0 saturated carbocycles. The first kappa shape index (κ1) is 19.5. The van der Waals surface area contributed by atoms with Crippen molar-refractivity contribution < 1.29 is 13.6 Å². The molecule has 0 spiro atoms. The number of imidazole rings is 1. The van der Waals surface area contributed by atoms with Gasteiger partial charge in [-0.05, 0) is 58.1 Å². The predicted octanol–water partition coefficient (Wildman–Crippen LogP) is 3.13. The number of rotatable bonds is 6. The number of carbonyl (C=O) groups excluding carboxylic acids is 1. The number of benzene rings is 1. The Balaban J connectivity index is 1.68. The van der Waals surface area contributed by atoms with Gasteiger partial charge < -0.3 is 14.4 Å². The fourth-order valence-corrected chi connectivity index (χ4v) is 3.61. The lowest BCUT2D eigenvalue weighted by atomic mass is 9.96. The van der Waals surface area contributed by atoms with Gasteiger partial charge in [-0.3, -0.25) is 4.79 Å². The molecule has 1 amide bonds. The smallest absolute Gasteiger partial charge is 0.253 e. The standard InChI is InChI=1S/C20H26F2N4O/c1-24(2)9-4-11-25-12-8-23-19(25)16-5-3-10-26(14-16)20(27)15-6-7-17(21)18(22)13-15/h6-8,12-13,16H,3-5,9-11,14H2,1-2H3/t16-/m0/s1. The minimum atomic E-state index is -0.995. The average Bonchev–Trinajstić information content (AvgIpc) is 3.12. The molecule has 1 atom stereocenters. The van der Waals surface area contributed by atoms with Crippen molar-refractivity contribution in [3.8, 4) is 0 Å². The molecule has 146 valence electrons. The number of nitrogens with zero attached hydrogens (tertiary/aromatic N) is 4. The van der Waals surface area contributed by atoms with Crippen LogP contribution in [0.15, 0.2) is 30.6 Å². The van der Waals surface area contributed by atoms with E-state index in [1.54, 1.807) is 11.1 Å². The van der Waals surface area contributed by atoms with Crippen LogP contribution in [0.1, 0.15) is 41.4 Å². The summed E-state index contributed by atoms with van der Waals surface area (Å²) in [5.74, 6) is -1.04. The van der Waals surface area contributed by atoms with Gasteiger partial charge in [0.15, 0.2) is 11.6 Å². The number of hydrogen-bond donors (Lipinski definition) is 0. The Morgan fingerprint density at radius 2 is 2.11 bits per heavy atom. The van der Waals surface area contributed by atoms with Crippen molar-refractivity contribution >= 4 is 5.91 Å². The van der Waals surface area contributed by atoms with E-state index in [0.717, 1.165) is 50.3 Å². The molecule has 0 aliphatic carbocycles. The number of aryl methyl sites for hydroxylation is 1. The second-order valence-electron chi connectivity index (χ2n) is 7.35. The zero-order chi connectivity index (χ0) is 19.4. The molecule has 0 radical (unpaired) electrons. The molecule has 2 aromatic rings. The van der Waals surface area contributed by atoms with Crippen LogP contribution < -0.4 is 0 Å². The van der Waals surface area contributed by atoms with Gasteiger partial charge in [-0.1, -0.05) is 0 Å². The Hall–Kier alpha value is -2.28. The van der Waals surface area contributed by atoms with E-state index < -0.39 is 11.6 Å². The number of amides is 1. The molecule has 1 saturated heterocycles. The molecule has 1 aromatic heterocycles. The molecular weight excluding hydrogens is 350 g/mol. The van der Waals surface area contributed by atoms with Crippen LogP contribution in [0.4, 0.5) is 8.78 Å². The maximum Gasteiger partial charge on any atom is 0.253 e. The molecular formula is C20H26F2N4O. The SMILES string of the molecule is CN(C)CCCn1ccnc1[C@H]1CCCN(C(=O)c2ccc(F)c(F)c2)C1. The largest absolute Gasteiger partial charge is 0.338 e. The van der Waals surface area contributed by atoms with Crippen LogP contribution in [0.3, 0.4) is 0 Å². The van der Waals surface area contributed by atoms with Crippen LogP contribution in [0.2, 0.25) is 0 Å². The van der Waals surface area contributed by atoms with Crippen LogP contribution in [0.5, 0.6) is 0 Å². The molecule has 0 unspecified atom stereocenters. The van der Waals surface area contributed by atoms with Gasteiger partial charge in [-0.2, -0.15) is 0 Å². The van der Waals surface area contributed by atoms with Crippen molar-refractivity contribution in [2.75, 3.05) is 33.7 Å². The Morgan fingerprint density at radius 3 is 2.85 bits per heavy atom. The molecule has 1 fully saturated rings. The average molecular weight is 376 g/mol. The zero-order valence-electron chi connectivity index (χ0n) is 15.9. The van der Waals surface area contributed by atoms with Gasteiger partial charge in [-0.15, -0.1) is 0 Å². The van der Waals surface area contributed by atoms with Gasteiger partial charge in [0.05, 0.1) is 0 Å². The summed E-state index contributed by atoms with van der Waals surface area (Å²) in [6.45, 7) is 3.06. The van der Waals surface area contributed by atoms with Crippen molar-refractivity contribution in [3.05, 3.63) is 53.6 Å². The fourth-order valence-electron chi connectivity index (χ4n) is 3.61. The van der Waals surface area contributed by atoms with E-state index in [2.05, 4.69) is 28.5 Å². The third kappa shape index (κ3) is 4.71. The lowest BCUT2D eigenvalue weighted by molar-refractivity contribution is 0.0702. The number of likely N-dealkylation sites (tertiary alicyclic amines) is 1. The summed E-state index contributed by atoms with van der Waals surface area (Å²) < 4.78 is 28.8. The second kappa shape index (κ2) is 8.61. The van der Waals surface area contributed by atoms with E-state index in [4.69, 9.17) is 0 Å². The van der Waals surface area contributed by atoms with E-state index in [9.17, 15) is 13.6 Å². The Bertz CT molecular complexity index is 790. The number of carbonyl (C=O) groups is 1. The first-order chi connectivity index (χ1) is 13.0. The molecule has 7 heteroatoms. The molecule has 0 bridgehead atoms. The summed E-state index contributed by atoms with van der Waals surface area (Å²) >= 11 is 0. The lowest BCUT2D eigenvalue weighted by Crippen LogP contribution is -2.39. The van der Waals surface area contributed by atoms with Gasteiger partial charge >= 0.3 is 0 Å². The van der Waals surface area contributed by atoms with E-state index >= 15 is 0 Å². The highest BCUT2D eigenvalue weighted by Crippen LogP contribution is 2.27. The summed E-state index contributed by atoms with van der Waals surface area (Å²) in [5.41, 5.74) is 0.184. The second-order valence-corrected chi connectivity index (χ2v) is 7.35. The van der Waals surface area contributed by atoms with E-state index in [-0.39, 0.29) is 17.4 Å². The molecule has 2 heterocycles. The molecule has 5 nitrogen and oxygen atoms in total. The van der Waals surface area contributed by atoms with E-state index in [1.165, 1.54) is 6.07 Å². The molecule has 1 aliphatic heterocycles. The number of halogens is 2. The predicted molar refractivity (Wildman–Crippen MR) is 99.6 cm³/mol. The van der Waals surface area contributed by atoms with E-state index in [0.29, 0.717) is 13.1 Å². The van der Waals surface area contributed by atoms with Crippen LogP contribution >= 0.6 is 0 Å². The molecule has 3 rings (SSSR count). The van der Waals surface area contributed by atoms with E-state index in [1.807, 2.05) is 6.20 Å². The highest BCUT2D eigenvalue weighted by Gasteiger charge is 2.28. The normalized spacial score (nSPS) is 17.5. The monoisotopic (exact) mass is 376 g/mol. The molecule has 1 aromatic carbocycles. The van der Waals surface area contributed by atoms with Crippen LogP contribution in [-0.2, 0) is 6.54 Å². The lowest BCUT2D eigenvalue weighted by Gasteiger charge is -2.33. The summed E-state index contributed by atoms with van der Waals surface area (Å²) in [7, 11) is 4.11. The topological polar surface area (TPSA) is 41.4 Å². The van der Waals surface area contributed by atoms with Gasteiger partial charge in [0.25, 0.3) is 5.91 Å². The fraction of sp³-hybridized carbons (Fsp3) is 0.500. The zero-order valence-corrected chi connectivity index (χ0v) is 15.9. The Labute approximate surface area is 158 Å². The third-order valence-electron chi connectivity index (χ3n) is 4.99. The maximum atomic E-state index is 13.5. The summed E-state index contributed by atoms with van der Waals surface area (Å²) in [5, 5.41) is 0. The summed E-state index contributed by atoms with van der Waals surface area (Å²) in [6.07, 6.45) is 6.65. The number of piperidine rings is 1. The van der Waals surface area contributed by atoms with Crippen LogP contribution in [0.25, 0.3) is 0 Å². The molecule has 1 aliphatic rings. The van der Waals surface area contributed by atoms with Gasteiger partial charge in [0.1, 0.15) is 5.82 Å². The van der Waals surface area contributed by atoms with Crippen molar-refractivity contribution in [1.82, 2.24) is 19.4 Å². The van der Waals surface area contributed by atoms with Gasteiger partial charge in [0.2, 0.25) is 0 Å². The third-order valence-corrected chi connectivity index (χ3v) is 4.99. The van der Waals surface area contributed by atoms with Crippen LogP contribution in [0, 0.1) is 11.6 Å². The maximum absolute atomic E-state index is 13.5. The Kier molecular flexibility index (Phi) is 6.21. The highest BCUT2D eigenvalue weighted by atomic mass is 19.2. The highest BCUT2D eigenvalue weighted by molar-refractivity contribution is 5.94. The van der Waals surface area contributed by atoms with Crippen molar-refractivity contribution in [1.29, 1.82) is 0 Å².